The Labute approximate surface area is 48.5 Å². The third-order valence-corrected chi connectivity index (χ3v) is 0.789. The van der Waals surface area contributed by atoms with Crippen molar-refractivity contribution in [2.45, 2.75) is 12.8 Å². The van der Waals surface area contributed by atoms with E-state index in [9.17, 15) is 4.39 Å². The summed E-state index contributed by atoms with van der Waals surface area (Å²) in [5.41, 5.74) is 0. The Kier molecular flexibility index (Phi) is 6.72. The molecule has 0 aromatic heterocycles. The molecule has 1 aliphatic rings. The highest BCUT2D eigenvalue weighted by Gasteiger charge is 1.95. The molecule has 1 fully saturated rings. The summed E-state index contributed by atoms with van der Waals surface area (Å²) in [5.74, 6) is 0. The topological polar surface area (TPSA) is 18.5 Å². The van der Waals surface area contributed by atoms with Crippen LogP contribution in [0, 0.1) is 0 Å². The lowest BCUT2D eigenvalue weighted by atomic mass is 10.3. The minimum atomic E-state index is 0.500. The molecule has 0 spiro atoms. The summed E-state index contributed by atoms with van der Waals surface area (Å²) >= 11 is 0. The third kappa shape index (κ3) is 4.02. The van der Waals surface area contributed by atoms with Gasteiger partial charge in [-0.05, 0) is 12.8 Å². The van der Waals surface area contributed by atoms with Crippen LogP contribution in [0.15, 0.2) is 0 Å². The summed E-state index contributed by atoms with van der Waals surface area (Å²) in [4.78, 5) is 9.14. The van der Waals surface area contributed by atoms with E-state index in [1.807, 2.05) is 0 Å². The van der Waals surface area contributed by atoms with Crippen LogP contribution in [0.2, 0.25) is 0 Å². The third-order valence-electron chi connectivity index (χ3n) is 0.789. The number of alkyl halides is 1. The second kappa shape index (κ2) is 6.85. The summed E-state index contributed by atoms with van der Waals surface area (Å²) in [7, 11) is 0.500. The first-order valence-corrected chi connectivity index (χ1v) is 2.62. The van der Waals surface area contributed by atoms with Crippen LogP contribution in [0.5, 0.6) is 0 Å². The first-order valence-electron chi connectivity index (χ1n) is 2.62. The molecule has 0 amide bonds. The zero-order chi connectivity index (χ0) is 6.24. The van der Waals surface area contributed by atoms with Gasteiger partial charge in [0, 0.05) is 0 Å². The standard InChI is InChI=1S/C4H8O2.CH3F/c1-2-4-6-5-3-1;1-2/h1-4H2;1H3. The van der Waals surface area contributed by atoms with Crippen LogP contribution in [0.25, 0.3) is 0 Å². The predicted molar refractivity (Wildman–Crippen MR) is 28.2 cm³/mol. The fraction of sp³-hybridized carbons (Fsp3) is 1.00. The summed E-state index contributed by atoms with van der Waals surface area (Å²) in [5, 5.41) is 0. The molecule has 0 atom stereocenters. The molecule has 0 saturated carbocycles. The van der Waals surface area contributed by atoms with E-state index in [0.717, 1.165) is 26.1 Å². The van der Waals surface area contributed by atoms with Gasteiger partial charge in [-0.2, -0.15) is 0 Å². The van der Waals surface area contributed by atoms with E-state index in [-0.39, 0.29) is 0 Å². The Balaban J connectivity index is 0.000000222. The van der Waals surface area contributed by atoms with E-state index in [4.69, 9.17) is 0 Å². The van der Waals surface area contributed by atoms with Gasteiger partial charge >= 0.3 is 0 Å². The summed E-state index contributed by atoms with van der Waals surface area (Å²) < 4.78 is 9.50. The van der Waals surface area contributed by atoms with E-state index in [1.165, 1.54) is 0 Å². The predicted octanol–water partition coefficient (Wildman–Crippen LogP) is 1.31. The van der Waals surface area contributed by atoms with E-state index >= 15 is 0 Å². The van der Waals surface area contributed by atoms with Crippen LogP contribution in [-0.4, -0.2) is 20.4 Å². The fourth-order valence-corrected chi connectivity index (χ4v) is 0.440. The minimum Gasteiger partial charge on any atom is -0.255 e. The first kappa shape index (κ1) is 7.85. The summed E-state index contributed by atoms with van der Waals surface area (Å²) in [6.07, 6.45) is 2.31. The number of rotatable bonds is 0. The van der Waals surface area contributed by atoms with Crippen molar-refractivity contribution in [2.24, 2.45) is 0 Å². The highest BCUT2D eigenvalue weighted by molar-refractivity contribution is 4.36. The van der Waals surface area contributed by atoms with Gasteiger partial charge in [-0.3, -0.25) is 4.39 Å². The Morgan fingerprint density at radius 3 is 1.50 bits per heavy atom. The van der Waals surface area contributed by atoms with E-state index in [0.29, 0.717) is 7.18 Å². The molecule has 1 aliphatic heterocycles. The van der Waals surface area contributed by atoms with Crippen LogP contribution in [-0.2, 0) is 9.78 Å². The van der Waals surface area contributed by atoms with Gasteiger partial charge in [-0.1, -0.05) is 0 Å². The van der Waals surface area contributed by atoms with Gasteiger partial charge in [0.1, 0.15) is 0 Å². The fourth-order valence-electron chi connectivity index (χ4n) is 0.440. The molecule has 1 saturated heterocycles. The van der Waals surface area contributed by atoms with Gasteiger partial charge < -0.3 is 0 Å². The average Bonchev–Trinajstić information content (AvgIpc) is 1.96. The number of hydrogen-bond donors (Lipinski definition) is 0. The normalized spacial score (nSPS) is 18.8. The number of halogens is 1. The van der Waals surface area contributed by atoms with Gasteiger partial charge in [-0.25, -0.2) is 9.78 Å². The molecule has 0 N–H and O–H groups in total. The van der Waals surface area contributed by atoms with Crippen molar-refractivity contribution in [1.82, 2.24) is 0 Å². The largest absolute Gasteiger partial charge is 0.255 e. The molecule has 8 heavy (non-hydrogen) atoms. The first-order chi connectivity index (χ1) is 4.00. The second-order valence-corrected chi connectivity index (χ2v) is 1.35. The minimum absolute atomic E-state index is 0.500. The molecule has 50 valence electrons. The molecule has 0 aromatic carbocycles. The van der Waals surface area contributed by atoms with Crippen LogP contribution in [0.4, 0.5) is 4.39 Å². The smallest absolute Gasteiger partial charge is 0.0823 e. The van der Waals surface area contributed by atoms with Crippen molar-refractivity contribution in [2.75, 3.05) is 20.4 Å². The van der Waals surface area contributed by atoms with Crippen molar-refractivity contribution >= 4 is 0 Å². The molecule has 2 nitrogen and oxygen atoms in total. The quantitative estimate of drug-likeness (QED) is 0.451. The zero-order valence-corrected chi connectivity index (χ0v) is 5.02. The van der Waals surface area contributed by atoms with Crippen molar-refractivity contribution in [3.63, 3.8) is 0 Å². The molecule has 0 unspecified atom stereocenters. The molecular formula is C5H11FO2. The zero-order valence-electron chi connectivity index (χ0n) is 5.02. The van der Waals surface area contributed by atoms with Crippen LogP contribution in [0.1, 0.15) is 12.8 Å². The van der Waals surface area contributed by atoms with E-state index in [1.54, 1.807) is 0 Å². The molecule has 3 heteroatoms. The summed E-state index contributed by atoms with van der Waals surface area (Å²) in [6.45, 7) is 1.56. The molecule has 0 radical (unpaired) electrons. The Hall–Kier alpha value is -0.150. The Morgan fingerprint density at radius 2 is 1.38 bits per heavy atom. The van der Waals surface area contributed by atoms with Crippen molar-refractivity contribution in [3.8, 4) is 0 Å². The molecule has 0 aromatic rings. The van der Waals surface area contributed by atoms with Crippen LogP contribution < -0.4 is 0 Å². The average molecular weight is 122 g/mol. The Bertz CT molecular complexity index is 25.9. The molecule has 1 heterocycles. The van der Waals surface area contributed by atoms with Crippen LogP contribution in [0.3, 0.4) is 0 Å². The van der Waals surface area contributed by atoms with Crippen molar-refractivity contribution < 1.29 is 14.2 Å². The van der Waals surface area contributed by atoms with Gasteiger partial charge in [-0.15, -0.1) is 0 Å². The van der Waals surface area contributed by atoms with Crippen molar-refractivity contribution in [3.05, 3.63) is 0 Å². The molecule has 1 rings (SSSR count). The monoisotopic (exact) mass is 122 g/mol. The van der Waals surface area contributed by atoms with Gasteiger partial charge in [0.05, 0.1) is 20.4 Å². The lowest BCUT2D eigenvalue weighted by molar-refractivity contribution is -0.312. The van der Waals surface area contributed by atoms with E-state index in [2.05, 4.69) is 9.78 Å². The van der Waals surface area contributed by atoms with Gasteiger partial charge in [0.2, 0.25) is 0 Å². The lowest BCUT2D eigenvalue weighted by Gasteiger charge is -2.07. The highest BCUT2D eigenvalue weighted by atomic mass is 19.1. The molecular weight excluding hydrogens is 111 g/mol. The van der Waals surface area contributed by atoms with Gasteiger partial charge in [0.15, 0.2) is 0 Å². The molecule has 0 aliphatic carbocycles. The molecule has 0 bridgehead atoms. The number of hydrogen-bond acceptors (Lipinski definition) is 2. The maximum Gasteiger partial charge on any atom is 0.0823 e. The van der Waals surface area contributed by atoms with Gasteiger partial charge in [0.25, 0.3) is 0 Å². The SMILES string of the molecule is C1CCOOC1.CF. The highest BCUT2D eigenvalue weighted by Crippen LogP contribution is 1.97. The van der Waals surface area contributed by atoms with E-state index < -0.39 is 0 Å². The second-order valence-electron chi connectivity index (χ2n) is 1.35. The maximum absolute atomic E-state index is 9.50. The van der Waals surface area contributed by atoms with Crippen LogP contribution >= 0.6 is 0 Å². The maximum atomic E-state index is 9.50. The van der Waals surface area contributed by atoms with Crippen molar-refractivity contribution in [1.29, 1.82) is 0 Å². The lowest BCUT2D eigenvalue weighted by Crippen LogP contribution is -2.05. The summed E-state index contributed by atoms with van der Waals surface area (Å²) in [6, 6.07) is 0. The Morgan fingerprint density at radius 1 is 1.00 bits per heavy atom.